The van der Waals surface area contributed by atoms with Crippen LogP contribution < -0.4 is 0 Å². The Labute approximate surface area is 391 Å². The largest absolute Gasteiger partial charge is 0.452 e. The van der Waals surface area contributed by atoms with Gasteiger partial charge in [-0.2, -0.15) is 0 Å². The van der Waals surface area contributed by atoms with E-state index in [1.807, 2.05) is 72.8 Å². The Hall–Kier alpha value is -9.26. The lowest BCUT2D eigenvalue weighted by atomic mass is 10.00. The Morgan fingerprint density at radius 1 is 0.221 bits per heavy atom. The lowest BCUT2D eigenvalue weighted by molar-refractivity contribution is 0.633. The number of hydrogen-bond donors (Lipinski definition) is 0. The van der Waals surface area contributed by atoms with E-state index in [-0.39, 0.29) is 0 Å². The number of benzene rings is 9. The number of fused-ring (bicyclic) bond motifs is 7. The molecule has 13 rings (SSSR count). The number of nitrogens with zero attached hydrogens (tertiary/aromatic N) is 4. The van der Waals surface area contributed by atoms with Crippen LogP contribution in [0.4, 0.5) is 0 Å². The van der Waals surface area contributed by atoms with Crippen molar-refractivity contribution in [3.63, 3.8) is 0 Å². The van der Waals surface area contributed by atoms with E-state index in [1.165, 1.54) is 0 Å². The van der Waals surface area contributed by atoms with Gasteiger partial charge in [-0.25, -0.2) is 19.9 Å². The molecular formula is C62H38N4O2. The van der Waals surface area contributed by atoms with Gasteiger partial charge in [0.25, 0.3) is 0 Å². The molecule has 0 saturated heterocycles. The molecule has 0 bridgehead atoms. The maximum atomic E-state index is 6.73. The summed E-state index contributed by atoms with van der Waals surface area (Å²) in [6, 6.07) is 79.1. The predicted molar refractivity (Wildman–Crippen MR) is 276 cm³/mol. The van der Waals surface area contributed by atoms with Gasteiger partial charge < -0.3 is 8.83 Å². The second-order valence-electron chi connectivity index (χ2n) is 17.0. The van der Waals surface area contributed by atoms with Crippen LogP contribution in [-0.4, -0.2) is 19.9 Å². The Kier molecular flexibility index (Phi) is 9.39. The van der Waals surface area contributed by atoms with Crippen molar-refractivity contribution in [3.8, 4) is 90.1 Å². The molecule has 0 aliphatic heterocycles. The monoisotopic (exact) mass is 870 g/mol. The SMILES string of the molecule is c1ccc(-c2cc(-c3ccccc3)nc(-c3cccc(-c4ccc5c(c4)oc4c5ccc5c6ccc(-c7cccc(-c8nc(-c9ccccc9)cc(-c9ccccc9)n8)c7)cc6oc54)c3)n2)cc1. The van der Waals surface area contributed by atoms with E-state index in [4.69, 9.17) is 28.8 Å². The zero-order valence-corrected chi connectivity index (χ0v) is 36.5. The zero-order chi connectivity index (χ0) is 45.0. The minimum Gasteiger partial charge on any atom is -0.452 e. The van der Waals surface area contributed by atoms with E-state index in [1.54, 1.807) is 0 Å². The molecule has 6 nitrogen and oxygen atoms in total. The number of aromatic nitrogens is 4. The van der Waals surface area contributed by atoms with Gasteiger partial charge in [0, 0.05) is 54.9 Å². The Bertz CT molecular complexity index is 3640. The highest BCUT2D eigenvalue weighted by molar-refractivity contribution is 6.19. The molecule has 68 heavy (non-hydrogen) atoms. The van der Waals surface area contributed by atoms with E-state index < -0.39 is 0 Å². The first-order chi connectivity index (χ1) is 33.6. The molecule has 0 aliphatic rings. The van der Waals surface area contributed by atoms with Gasteiger partial charge in [-0.05, 0) is 82.9 Å². The van der Waals surface area contributed by atoms with Crippen LogP contribution in [0.1, 0.15) is 0 Å². The lowest BCUT2D eigenvalue weighted by Crippen LogP contribution is -1.96. The van der Waals surface area contributed by atoms with Crippen molar-refractivity contribution in [2.45, 2.75) is 0 Å². The summed E-state index contributed by atoms with van der Waals surface area (Å²) in [6.45, 7) is 0. The average Bonchev–Trinajstić information content (AvgIpc) is 4.00. The molecule has 13 aromatic rings. The first-order valence-corrected chi connectivity index (χ1v) is 22.7. The van der Waals surface area contributed by atoms with Crippen molar-refractivity contribution in [1.82, 2.24) is 19.9 Å². The van der Waals surface area contributed by atoms with Crippen LogP contribution in [0.15, 0.2) is 239 Å². The Morgan fingerprint density at radius 2 is 0.515 bits per heavy atom. The molecular weight excluding hydrogens is 833 g/mol. The van der Waals surface area contributed by atoms with Crippen LogP contribution >= 0.6 is 0 Å². The van der Waals surface area contributed by atoms with Crippen molar-refractivity contribution < 1.29 is 8.83 Å². The van der Waals surface area contributed by atoms with Crippen LogP contribution in [-0.2, 0) is 0 Å². The molecule has 9 aromatic carbocycles. The van der Waals surface area contributed by atoms with Gasteiger partial charge in [0.1, 0.15) is 11.2 Å². The van der Waals surface area contributed by atoms with Crippen LogP contribution in [0, 0.1) is 0 Å². The number of rotatable bonds is 8. The fourth-order valence-corrected chi connectivity index (χ4v) is 9.28. The van der Waals surface area contributed by atoms with Crippen molar-refractivity contribution in [3.05, 3.63) is 231 Å². The molecule has 318 valence electrons. The summed E-state index contributed by atoms with van der Waals surface area (Å²) in [5, 5.41) is 4.07. The molecule has 0 unspecified atom stereocenters. The second-order valence-corrected chi connectivity index (χ2v) is 17.0. The molecule has 6 heteroatoms. The summed E-state index contributed by atoms with van der Waals surface area (Å²) in [6.07, 6.45) is 0. The van der Waals surface area contributed by atoms with Crippen molar-refractivity contribution in [2.75, 3.05) is 0 Å². The highest BCUT2D eigenvalue weighted by Crippen LogP contribution is 2.41. The summed E-state index contributed by atoms with van der Waals surface area (Å²) >= 11 is 0. The molecule has 0 spiro atoms. The van der Waals surface area contributed by atoms with E-state index in [0.29, 0.717) is 11.6 Å². The van der Waals surface area contributed by atoms with E-state index in [9.17, 15) is 0 Å². The second kappa shape index (κ2) is 16.3. The summed E-state index contributed by atoms with van der Waals surface area (Å²) < 4.78 is 13.5. The van der Waals surface area contributed by atoms with E-state index in [0.717, 1.165) is 122 Å². The molecule has 0 fully saturated rings. The first kappa shape index (κ1) is 39.1. The van der Waals surface area contributed by atoms with Gasteiger partial charge in [-0.3, -0.25) is 0 Å². The van der Waals surface area contributed by atoms with Crippen LogP contribution in [0.3, 0.4) is 0 Å². The predicted octanol–water partition coefficient (Wildman–Crippen LogP) is 16.4. The summed E-state index contributed by atoms with van der Waals surface area (Å²) in [5.74, 6) is 1.33. The maximum Gasteiger partial charge on any atom is 0.178 e. The Balaban J connectivity index is 0.849. The van der Waals surface area contributed by atoms with Crippen LogP contribution in [0.25, 0.3) is 134 Å². The molecule has 4 aromatic heterocycles. The molecule has 0 radical (unpaired) electrons. The fraction of sp³-hybridized carbons (Fsp3) is 0. The minimum atomic E-state index is 0.667. The van der Waals surface area contributed by atoms with E-state index in [2.05, 4.69) is 158 Å². The quantitative estimate of drug-likeness (QED) is 0.151. The maximum absolute atomic E-state index is 6.73. The van der Waals surface area contributed by atoms with Crippen molar-refractivity contribution >= 4 is 43.9 Å². The van der Waals surface area contributed by atoms with Crippen molar-refractivity contribution in [1.29, 1.82) is 0 Å². The Morgan fingerprint density at radius 3 is 0.868 bits per heavy atom. The average molecular weight is 871 g/mol. The summed E-state index contributed by atoms with van der Waals surface area (Å²) in [7, 11) is 0. The molecule has 0 N–H and O–H groups in total. The fourth-order valence-electron chi connectivity index (χ4n) is 9.28. The number of furan rings is 2. The molecule has 0 amide bonds. The third-order valence-electron chi connectivity index (χ3n) is 12.7. The minimum absolute atomic E-state index is 0.667. The molecule has 4 heterocycles. The highest BCUT2D eigenvalue weighted by Gasteiger charge is 2.19. The third-order valence-corrected chi connectivity index (χ3v) is 12.7. The van der Waals surface area contributed by atoms with Gasteiger partial charge in [0.05, 0.1) is 22.8 Å². The first-order valence-electron chi connectivity index (χ1n) is 22.7. The van der Waals surface area contributed by atoms with Gasteiger partial charge >= 0.3 is 0 Å². The van der Waals surface area contributed by atoms with Crippen molar-refractivity contribution in [2.24, 2.45) is 0 Å². The lowest BCUT2D eigenvalue weighted by Gasteiger charge is -2.10. The highest BCUT2D eigenvalue weighted by atomic mass is 16.4. The molecule has 0 atom stereocenters. The van der Waals surface area contributed by atoms with Gasteiger partial charge in [0.2, 0.25) is 0 Å². The van der Waals surface area contributed by atoms with Gasteiger partial charge in [-0.1, -0.05) is 170 Å². The number of hydrogen-bond acceptors (Lipinski definition) is 6. The van der Waals surface area contributed by atoms with Gasteiger partial charge in [-0.15, -0.1) is 0 Å². The van der Waals surface area contributed by atoms with E-state index >= 15 is 0 Å². The summed E-state index contributed by atoms with van der Waals surface area (Å²) in [4.78, 5) is 20.3. The van der Waals surface area contributed by atoms with Crippen LogP contribution in [0.5, 0.6) is 0 Å². The molecule has 0 aliphatic carbocycles. The third kappa shape index (κ3) is 7.08. The smallest absolute Gasteiger partial charge is 0.178 e. The zero-order valence-electron chi connectivity index (χ0n) is 36.5. The molecule has 0 saturated carbocycles. The summed E-state index contributed by atoms with van der Waals surface area (Å²) in [5.41, 5.74) is 16.7. The van der Waals surface area contributed by atoms with Crippen LogP contribution in [0.2, 0.25) is 0 Å². The van der Waals surface area contributed by atoms with Gasteiger partial charge in [0.15, 0.2) is 22.8 Å². The standard InChI is InChI=1S/C62H38N4O2/c1-5-15-39(16-6-1)53-37-54(40-17-7-2-8-18-40)64-61(63-53)47-25-13-23-43(33-47)45-27-29-49-51-31-32-52-50-30-28-46(36-58(50)68-60(52)59(51)67-57(49)35-45)44-24-14-26-48(34-44)62-65-55(41-19-9-3-10-20-41)38-56(66-62)42-21-11-4-12-22-42/h1-38H. The normalized spacial score (nSPS) is 11.5. The topological polar surface area (TPSA) is 77.8 Å².